The van der Waals surface area contributed by atoms with Gasteiger partial charge in [0.1, 0.15) is 6.10 Å². The van der Waals surface area contributed by atoms with Crippen molar-refractivity contribution in [1.29, 1.82) is 0 Å². The monoisotopic (exact) mass is 221 g/mol. The molecule has 0 aromatic heterocycles. The van der Waals surface area contributed by atoms with Crippen LogP contribution in [-0.4, -0.2) is 18.8 Å². The fourth-order valence-electron chi connectivity index (χ4n) is 2.09. The van der Waals surface area contributed by atoms with Crippen molar-refractivity contribution < 1.29 is 9.47 Å². The minimum atomic E-state index is 0.140. The zero-order valence-corrected chi connectivity index (χ0v) is 9.69. The minimum Gasteiger partial charge on any atom is -0.490 e. The molecular formula is C13H19NO2. The average Bonchev–Trinajstić information content (AvgIpc) is 2.68. The number of benzene rings is 1. The topological polar surface area (TPSA) is 44.5 Å². The molecule has 3 heteroatoms. The molecule has 1 aromatic rings. The van der Waals surface area contributed by atoms with Crippen LogP contribution in [0.25, 0.3) is 0 Å². The largest absolute Gasteiger partial charge is 0.490 e. The van der Waals surface area contributed by atoms with Crippen LogP contribution in [0.2, 0.25) is 0 Å². The number of nitrogens with two attached hydrogens (primary N) is 1. The summed E-state index contributed by atoms with van der Waals surface area (Å²) in [5.41, 5.74) is 5.99. The molecule has 2 rings (SSSR count). The molecule has 0 unspecified atom stereocenters. The Hall–Kier alpha value is -1.22. The van der Waals surface area contributed by atoms with E-state index in [2.05, 4.69) is 0 Å². The molecule has 0 aliphatic heterocycles. The van der Waals surface area contributed by atoms with Gasteiger partial charge >= 0.3 is 0 Å². The van der Waals surface area contributed by atoms with E-state index in [1.807, 2.05) is 31.2 Å². The first-order valence-electron chi connectivity index (χ1n) is 5.95. The Morgan fingerprint density at radius 3 is 2.62 bits per heavy atom. The molecule has 1 aromatic carbocycles. The van der Waals surface area contributed by atoms with Gasteiger partial charge in [-0.2, -0.15) is 0 Å². The molecule has 3 nitrogen and oxygen atoms in total. The molecule has 1 aliphatic carbocycles. The summed E-state index contributed by atoms with van der Waals surface area (Å²) in [6.45, 7) is 2.62. The van der Waals surface area contributed by atoms with Crippen molar-refractivity contribution >= 4 is 0 Å². The van der Waals surface area contributed by atoms with Crippen molar-refractivity contribution in [2.75, 3.05) is 6.61 Å². The Labute approximate surface area is 96.5 Å². The van der Waals surface area contributed by atoms with E-state index in [4.69, 9.17) is 15.2 Å². The molecule has 1 fully saturated rings. The maximum Gasteiger partial charge on any atom is 0.161 e. The molecule has 2 atom stereocenters. The fourth-order valence-corrected chi connectivity index (χ4v) is 2.09. The van der Waals surface area contributed by atoms with Gasteiger partial charge in [0.15, 0.2) is 11.5 Å². The van der Waals surface area contributed by atoms with Crippen LogP contribution in [0.15, 0.2) is 24.3 Å². The van der Waals surface area contributed by atoms with Crippen molar-refractivity contribution in [1.82, 2.24) is 0 Å². The van der Waals surface area contributed by atoms with E-state index in [1.165, 1.54) is 0 Å². The highest BCUT2D eigenvalue weighted by molar-refractivity contribution is 5.39. The van der Waals surface area contributed by atoms with E-state index in [9.17, 15) is 0 Å². The smallest absolute Gasteiger partial charge is 0.161 e. The molecule has 0 radical (unpaired) electrons. The fraction of sp³-hybridized carbons (Fsp3) is 0.538. The summed E-state index contributed by atoms with van der Waals surface area (Å²) in [5.74, 6) is 1.62. The molecule has 0 bridgehead atoms. The highest BCUT2D eigenvalue weighted by Crippen LogP contribution is 2.30. The Morgan fingerprint density at radius 1 is 1.25 bits per heavy atom. The lowest BCUT2D eigenvalue weighted by molar-refractivity contribution is 0.181. The van der Waals surface area contributed by atoms with E-state index >= 15 is 0 Å². The molecule has 1 aliphatic rings. The summed E-state index contributed by atoms with van der Waals surface area (Å²) >= 11 is 0. The zero-order valence-electron chi connectivity index (χ0n) is 9.69. The molecule has 0 saturated heterocycles. The summed E-state index contributed by atoms with van der Waals surface area (Å²) in [5, 5.41) is 0. The van der Waals surface area contributed by atoms with Crippen LogP contribution in [-0.2, 0) is 0 Å². The van der Waals surface area contributed by atoms with E-state index < -0.39 is 0 Å². The lowest BCUT2D eigenvalue weighted by Crippen LogP contribution is -2.33. The quantitative estimate of drug-likeness (QED) is 0.848. The second-order valence-electron chi connectivity index (χ2n) is 4.13. The van der Waals surface area contributed by atoms with Crippen LogP contribution >= 0.6 is 0 Å². The van der Waals surface area contributed by atoms with Crippen LogP contribution in [0, 0.1) is 0 Å². The van der Waals surface area contributed by atoms with Crippen molar-refractivity contribution in [3.63, 3.8) is 0 Å². The van der Waals surface area contributed by atoms with Crippen molar-refractivity contribution in [3.05, 3.63) is 24.3 Å². The van der Waals surface area contributed by atoms with Gasteiger partial charge in [0.25, 0.3) is 0 Å². The maximum atomic E-state index is 5.99. The van der Waals surface area contributed by atoms with Crippen LogP contribution in [0.5, 0.6) is 11.5 Å². The van der Waals surface area contributed by atoms with Crippen LogP contribution in [0.1, 0.15) is 26.2 Å². The Kier molecular flexibility index (Phi) is 3.67. The van der Waals surface area contributed by atoms with Crippen molar-refractivity contribution in [2.24, 2.45) is 5.73 Å². The van der Waals surface area contributed by atoms with E-state index in [0.717, 1.165) is 30.8 Å². The standard InChI is InChI=1S/C13H19NO2/c1-2-15-12-7-3-4-8-13(12)16-11-9-5-6-10(11)14/h3-4,7-8,10-11H,2,5-6,9,14H2,1H3/t10-,11+/m1/s1. The van der Waals surface area contributed by atoms with Crippen LogP contribution < -0.4 is 15.2 Å². The van der Waals surface area contributed by atoms with Gasteiger partial charge in [-0.3, -0.25) is 0 Å². The first-order valence-corrected chi connectivity index (χ1v) is 5.95. The first kappa shape index (κ1) is 11.3. The maximum absolute atomic E-state index is 5.99. The summed E-state index contributed by atoms with van der Waals surface area (Å²) in [6.07, 6.45) is 3.40. The summed E-state index contributed by atoms with van der Waals surface area (Å²) < 4.78 is 11.4. The average molecular weight is 221 g/mol. The molecule has 0 amide bonds. The summed E-state index contributed by atoms with van der Waals surface area (Å²) in [7, 11) is 0. The van der Waals surface area contributed by atoms with Gasteiger partial charge < -0.3 is 15.2 Å². The number of rotatable bonds is 4. The summed E-state index contributed by atoms with van der Waals surface area (Å²) in [4.78, 5) is 0. The van der Waals surface area contributed by atoms with Crippen LogP contribution in [0.4, 0.5) is 0 Å². The summed E-state index contributed by atoms with van der Waals surface area (Å²) in [6, 6.07) is 7.94. The number of ether oxygens (including phenoxy) is 2. The third-order valence-corrected chi connectivity index (χ3v) is 2.93. The Morgan fingerprint density at radius 2 is 2.00 bits per heavy atom. The van der Waals surface area contributed by atoms with Gasteiger partial charge in [0, 0.05) is 6.04 Å². The van der Waals surface area contributed by atoms with E-state index in [0.29, 0.717) is 6.61 Å². The lowest BCUT2D eigenvalue weighted by atomic mass is 10.2. The van der Waals surface area contributed by atoms with Crippen LogP contribution in [0.3, 0.4) is 0 Å². The highest BCUT2D eigenvalue weighted by Gasteiger charge is 2.26. The van der Waals surface area contributed by atoms with Gasteiger partial charge in [-0.05, 0) is 38.3 Å². The molecule has 2 N–H and O–H groups in total. The Balaban J connectivity index is 2.07. The van der Waals surface area contributed by atoms with Gasteiger partial charge in [0.05, 0.1) is 6.61 Å². The first-order chi connectivity index (χ1) is 7.81. The number of hydrogen-bond donors (Lipinski definition) is 1. The van der Waals surface area contributed by atoms with Crippen molar-refractivity contribution in [3.8, 4) is 11.5 Å². The lowest BCUT2D eigenvalue weighted by Gasteiger charge is -2.19. The molecular weight excluding hydrogens is 202 g/mol. The van der Waals surface area contributed by atoms with Gasteiger partial charge in [-0.15, -0.1) is 0 Å². The van der Waals surface area contributed by atoms with Crippen molar-refractivity contribution in [2.45, 2.75) is 38.3 Å². The predicted molar refractivity (Wildman–Crippen MR) is 63.9 cm³/mol. The number of hydrogen-bond acceptors (Lipinski definition) is 3. The zero-order chi connectivity index (χ0) is 11.4. The normalized spacial score (nSPS) is 24.4. The third-order valence-electron chi connectivity index (χ3n) is 2.93. The van der Waals surface area contributed by atoms with E-state index in [1.54, 1.807) is 0 Å². The third kappa shape index (κ3) is 2.47. The molecule has 16 heavy (non-hydrogen) atoms. The second-order valence-corrected chi connectivity index (χ2v) is 4.13. The number of para-hydroxylation sites is 2. The minimum absolute atomic E-state index is 0.140. The SMILES string of the molecule is CCOc1ccccc1O[C@H]1CCC[C@H]1N. The van der Waals surface area contributed by atoms with Gasteiger partial charge in [-0.25, -0.2) is 0 Å². The van der Waals surface area contributed by atoms with E-state index in [-0.39, 0.29) is 12.1 Å². The molecule has 88 valence electrons. The second kappa shape index (κ2) is 5.21. The molecule has 0 spiro atoms. The molecule has 1 saturated carbocycles. The highest BCUT2D eigenvalue weighted by atomic mass is 16.5. The van der Waals surface area contributed by atoms with Gasteiger partial charge in [0.2, 0.25) is 0 Å². The van der Waals surface area contributed by atoms with Gasteiger partial charge in [-0.1, -0.05) is 12.1 Å². The Bertz CT molecular complexity index is 340. The predicted octanol–water partition coefficient (Wildman–Crippen LogP) is 2.34. The molecule has 0 heterocycles.